The van der Waals surface area contributed by atoms with Crippen molar-refractivity contribution in [2.75, 3.05) is 0 Å². The highest BCUT2D eigenvalue weighted by Crippen LogP contribution is 2.07. The molecule has 0 aliphatic heterocycles. The van der Waals surface area contributed by atoms with Crippen LogP contribution in [0.2, 0.25) is 0 Å². The summed E-state index contributed by atoms with van der Waals surface area (Å²) in [7, 11) is 0. The van der Waals surface area contributed by atoms with Gasteiger partial charge in [-0.2, -0.15) is 0 Å². The topological polar surface area (TPSA) is 92.4 Å². The predicted molar refractivity (Wildman–Crippen MR) is 61.8 cm³/mol. The van der Waals surface area contributed by atoms with Crippen molar-refractivity contribution < 1.29 is 14.7 Å². The van der Waals surface area contributed by atoms with E-state index in [1.54, 1.807) is 0 Å². The lowest BCUT2D eigenvalue weighted by Gasteiger charge is -2.24. The fourth-order valence-electron chi connectivity index (χ4n) is 1.22. The Morgan fingerprint density at radius 2 is 1.69 bits per heavy atom. The first-order chi connectivity index (χ1) is 7.25. The first kappa shape index (κ1) is 14.9. The molecule has 0 saturated heterocycles. The molecule has 0 aromatic rings. The third-order valence-electron chi connectivity index (χ3n) is 2.55. The van der Waals surface area contributed by atoms with Crippen molar-refractivity contribution in [3.63, 3.8) is 0 Å². The second-order valence-electron chi connectivity index (χ2n) is 4.73. The highest BCUT2D eigenvalue weighted by molar-refractivity contribution is 5.82. The molecule has 5 heteroatoms. The van der Waals surface area contributed by atoms with Gasteiger partial charge in [0.2, 0.25) is 5.91 Å². The van der Waals surface area contributed by atoms with Crippen LogP contribution in [0.3, 0.4) is 0 Å². The van der Waals surface area contributed by atoms with Crippen LogP contribution in [0.4, 0.5) is 0 Å². The molecule has 0 aliphatic carbocycles. The predicted octanol–water partition coefficient (Wildman–Crippen LogP) is 0.585. The molecule has 0 aromatic heterocycles. The van der Waals surface area contributed by atoms with Crippen molar-refractivity contribution in [3.8, 4) is 0 Å². The van der Waals surface area contributed by atoms with Gasteiger partial charge in [-0.3, -0.25) is 9.59 Å². The first-order valence-electron chi connectivity index (χ1n) is 5.53. The van der Waals surface area contributed by atoms with Crippen molar-refractivity contribution in [3.05, 3.63) is 0 Å². The van der Waals surface area contributed by atoms with E-state index in [0.717, 1.165) is 0 Å². The molecule has 0 heterocycles. The molecular formula is C11H22N2O3. The van der Waals surface area contributed by atoms with Crippen LogP contribution in [0.1, 0.15) is 34.1 Å². The molecule has 1 amide bonds. The lowest BCUT2D eigenvalue weighted by molar-refractivity contribution is -0.138. The average molecular weight is 230 g/mol. The smallest absolute Gasteiger partial charge is 0.305 e. The summed E-state index contributed by atoms with van der Waals surface area (Å²) in [6.07, 6.45) is -0.0752. The fourth-order valence-corrected chi connectivity index (χ4v) is 1.22. The van der Waals surface area contributed by atoms with Gasteiger partial charge in [-0.05, 0) is 11.8 Å². The molecule has 0 bridgehead atoms. The molecule has 0 aliphatic rings. The summed E-state index contributed by atoms with van der Waals surface area (Å²) in [5.41, 5.74) is 5.68. The maximum Gasteiger partial charge on any atom is 0.305 e. The van der Waals surface area contributed by atoms with Crippen molar-refractivity contribution in [1.29, 1.82) is 0 Å². The van der Waals surface area contributed by atoms with Crippen LogP contribution in [0.25, 0.3) is 0 Å². The number of carbonyl (C=O) groups excluding carboxylic acids is 1. The fraction of sp³-hybridized carbons (Fsp3) is 0.818. The zero-order chi connectivity index (χ0) is 12.9. The summed E-state index contributed by atoms with van der Waals surface area (Å²) in [6, 6.07) is -0.954. The average Bonchev–Trinajstić information content (AvgIpc) is 2.14. The van der Waals surface area contributed by atoms with Gasteiger partial charge in [0.05, 0.1) is 12.5 Å². The summed E-state index contributed by atoms with van der Waals surface area (Å²) < 4.78 is 0. The van der Waals surface area contributed by atoms with E-state index in [2.05, 4.69) is 5.32 Å². The van der Waals surface area contributed by atoms with E-state index in [9.17, 15) is 9.59 Å². The number of carboxylic acid groups (broad SMARTS) is 1. The van der Waals surface area contributed by atoms with Crippen LogP contribution in [0.15, 0.2) is 0 Å². The largest absolute Gasteiger partial charge is 0.481 e. The molecule has 0 radical (unpaired) electrons. The number of nitrogens with one attached hydrogen (secondary N) is 1. The molecular weight excluding hydrogens is 208 g/mol. The number of hydrogen-bond donors (Lipinski definition) is 3. The minimum Gasteiger partial charge on any atom is -0.481 e. The van der Waals surface area contributed by atoms with Gasteiger partial charge in [-0.15, -0.1) is 0 Å². The number of carboxylic acids is 1. The van der Waals surface area contributed by atoms with Gasteiger partial charge in [0, 0.05) is 6.04 Å². The Hall–Kier alpha value is -1.10. The van der Waals surface area contributed by atoms with Crippen LogP contribution in [-0.4, -0.2) is 29.1 Å². The molecule has 16 heavy (non-hydrogen) atoms. The van der Waals surface area contributed by atoms with Crippen molar-refractivity contribution >= 4 is 11.9 Å². The van der Waals surface area contributed by atoms with Gasteiger partial charge in [0.25, 0.3) is 0 Å². The SMILES string of the molecule is CC(C)C(CC(=O)O)NC(=O)C(N)C(C)C. The molecule has 0 saturated carbocycles. The van der Waals surface area contributed by atoms with Crippen LogP contribution in [0.5, 0.6) is 0 Å². The number of carbonyl (C=O) groups is 2. The first-order valence-corrected chi connectivity index (χ1v) is 5.53. The second kappa shape index (κ2) is 6.48. The Morgan fingerprint density at radius 3 is 2.00 bits per heavy atom. The number of rotatable bonds is 6. The molecule has 0 fully saturated rings. The van der Waals surface area contributed by atoms with Crippen molar-refractivity contribution in [2.24, 2.45) is 17.6 Å². The van der Waals surface area contributed by atoms with E-state index < -0.39 is 12.0 Å². The highest BCUT2D eigenvalue weighted by atomic mass is 16.4. The van der Waals surface area contributed by atoms with Gasteiger partial charge < -0.3 is 16.2 Å². The van der Waals surface area contributed by atoms with Gasteiger partial charge >= 0.3 is 5.97 Å². The highest BCUT2D eigenvalue weighted by Gasteiger charge is 2.23. The standard InChI is InChI=1S/C11H22N2O3/c1-6(2)8(5-9(14)15)13-11(16)10(12)7(3)4/h6-8,10H,5,12H2,1-4H3,(H,13,16)(H,14,15). The maximum atomic E-state index is 11.7. The number of hydrogen-bond acceptors (Lipinski definition) is 3. The Morgan fingerprint density at radius 1 is 1.19 bits per heavy atom. The Kier molecular flexibility index (Phi) is 6.03. The minimum absolute atomic E-state index is 0.0395. The Balaban J connectivity index is 4.40. The normalized spacial score (nSPS) is 14.9. The van der Waals surface area contributed by atoms with Crippen LogP contribution >= 0.6 is 0 Å². The van der Waals surface area contributed by atoms with Gasteiger partial charge in [0.15, 0.2) is 0 Å². The molecule has 5 nitrogen and oxygen atoms in total. The summed E-state index contributed by atoms with van der Waals surface area (Å²) in [5, 5.41) is 11.4. The van der Waals surface area contributed by atoms with E-state index >= 15 is 0 Å². The Bertz CT molecular complexity index is 252. The molecule has 4 N–H and O–H groups in total. The molecule has 0 aromatic carbocycles. The zero-order valence-electron chi connectivity index (χ0n) is 10.4. The van der Waals surface area contributed by atoms with Gasteiger partial charge in [0.1, 0.15) is 0 Å². The number of nitrogens with two attached hydrogens (primary N) is 1. The lowest BCUT2D eigenvalue weighted by atomic mass is 9.99. The molecule has 94 valence electrons. The van der Waals surface area contributed by atoms with E-state index in [1.807, 2.05) is 27.7 Å². The Labute approximate surface area is 96.4 Å². The molecule has 2 atom stereocenters. The summed E-state index contributed by atoms with van der Waals surface area (Å²) in [4.78, 5) is 22.3. The maximum absolute atomic E-state index is 11.7. The molecule has 0 spiro atoms. The van der Waals surface area contributed by atoms with E-state index in [-0.39, 0.29) is 30.2 Å². The minimum atomic E-state index is -0.919. The third-order valence-corrected chi connectivity index (χ3v) is 2.55. The van der Waals surface area contributed by atoms with E-state index in [4.69, 9.17) is 10.8 Å². The van der Waals surface area contributed by atoms with Crippen LogP contribution in [0, 0.1) is 11.8 Å². The van der Waals surface area contributed by atoms with Crippen molar-refractivity contribution in [1.82, 2.24) is 5.32 Å². The molecule has 0 rings (SSSR count). The van der Waals surface area contributed by atoms with Crippen molar-refractivity contribution in [2.45, 2.75) is 46.2 Å². The molecule has 2 unspecified atom stereocenters. The van der Waals surface area contributed by atoms with Crippen LogP contribution in [-0.2, 0) is 9.59 Å². The van der Waals surface area contributed by atoms with Crippen LogP contribution < -0.4 is 11.1 Å². The number of amides is 1. The lowest BCUT2D eigenvalue weighted by Crippen LogP contribution is -2.49. The number of aliphatic carboxylic acids is 1. The summed E-state index contributed by atoms with van der Waals surface area (Å²) >= 11 is 0. The van der Waals surface area contributed by atoms with E-state index in [0.29, 0.717) is 0 Å². The summed E-state index contributed by atoms with van der Waals surface area (Å²) in [6.45, 7) is 7.45. The van der Waals surface area contributed by atoms with Gasteiger partial charge in [-0.25, -0.2) is 0 Å². The third kappa shape index (κ3) is 5.11. The van der Waals surface area contributed by atoms with Gasteiger partial charge in [-0.1, -0.05) is 27.7 Å². The second-order valence-corrected chi connectivity index (χ2v) is 4.73. The monoisotopic (exact) mass is 230 g/mol. The quantitative estimate of drug-likeness (QED) is 0.622. The van der Waals surface area contributed by atoms with E-state index in [1.165, 1.54) is 0 Å². The summed E-state index contributed by atoms with van der Waals surface area (Å²) in [5.74, 6) is -1.09. The zero-order valence-corrected chi connectivity index (χ0v) is 10.4.